The summed E-state index contributed by atoms with van der Waals surface area (Å²) in [7, 11) is 0.598. The van der Waals surface area contributed by atoms with Gasteiger partial charge < -0.3 is 4.43 Å². The Morgan fingerprint density at radius 1 is 1.62 bits per heavy atom. The first-order valence-electron chi connectivity index (χ1n) is 2.55. The van der Waals surface area contributed by atoms with Crippen LogP contribution in [0.25, 0.3) is 0 Å². The lowest BCUT2D eigenvalue weighted by molar-refractivity contribution is 0.252. The fourth-order valence-corrected chi connectivity index (χ4v) is 0.975. The van der Waals surface area contributed by atoms with E-state index < -0.39 is 4.52 Å². The van der Waals surface area contributed by atoms with Crippen molar-refractivity contribution in [1.29, 1.82) is 0 Å². The fourth-order valence-electron chi connectivity index (χ4n) is 0.393. The molecule has 4 heteroatoms. The van der Waals surface area contributed by atoms with Crippen LogP contribution < -0.4 is 0 Å². The molecule has 0 aliphatic heterocycles. The summed E-state index contributed by atoms with van der Waals surface area (Å²) in [5.41, 5.74) is 0. The van der Waals surface area contributed by atoms with Crippen LogP contribution in [0.3, 0.4) is 0 Å². The zero-order valence-corrected chi connectivity index (χ0v) is 8.59. The van der Waals surface area contributed by atoms with Gasteiger partial charge in [0.2, 0.25) is 4.52 Å². The largest absolute Gasteiger partial charge is 0.399 e. The predicted molar refractivity (Wildman–Crippen MR) is 40.4 cm³/mol. The normalized spacial score (nSPS) is 12.4. The molecule has 0 rings (SSSR count). The van der Waals surface area contributed by atoms with Crippen molar-refractivity contribution in [3.8, 4) is 0 Å². The molecule has 0 N–H and O–H groups in total. The molecule has 0 radical (unpaired) electrons. The summed E-state index contributed by atoms with van der Waals surface area (Å²) < 4.78 is 3.95. The van der Waals surface area contributed by atoms with Crippen molar-refractivity contribution in [3.63, 3.8) is 0 Å². The van der Waals surface area contributed by atoms with Crippen LogP contribution in [0.4, 0.5) is 0 Å². The van der Waals surface area contributed by atoms with Gasteiger partial charge in [-0.3, -0.25) is 0 Å². The van der Waals surface area contributed by atoms with Gasteiger partial charge in [0.15, 0.2) is 0 Å². The average Bonchev–Trinajstić information content (AvgIpc) is 1.67. The van der Waals surface area contributed by atoms with E-state index in [2.05, 4.69) is 0 Å². The molecule has 0 amide bonds. The Bertz CT molecular complexity index is 67.1. The van der Waals surface area contributed by atoms with Crippen LogP contribution in [0, 0.1) is 0 Å². The summed E-state index contributed by atoms with van der Waals surface area (Å²) in [6.45, 7) is 2.01. The van der Waals surface area contributed by atoms with Gasteiger partial charge in [0.1, 0.15) is 10.5 Å². The second-order valence-electron chi connectivity index (χ2n) is 1.59. The Morgan fingerprint density at radius 3 is 2.25 bits per heavy atom. The third-order valence-corrected chi connectivity index (χ3v) is 2.74. The molecule has 0 atom stereocenters. The van der Waals surface area contributed by atoms with E-state index in [1.54, 1.807) is 0 Å². The highest BCUT2D eigenvalue weighted by Gasteiger charge is 2.19. The number of alkyl halides is 2. The molecule has 0 saturated heterocycles. The summed E-state index contributed by atoms with van der Waals surface area (Å²) in [6.07, 6.45) is 1.66. The maximum atomic E-state index is 5.60. The quantitative estimate of drug-likeness (QED) is 0.460. The zero-order chi connectivity index (χ0) is 6.62. The van der Waals surface area contributed by atoms with Gasteiger partial charge in [-0.25, -0.2) is 0 Å². The fraction of sp³-hybridized carbons (Fsp3) is 1.00. The first kappa shape index (κ1) is 8.76. The van der Waals surface area contributed by atoms with Gasteiger partial charge in [-0.15, -0.1) is 0 Å². The van der Waals surface area contributed by atoms with E-state index >= 15 is 0 Å². The maximum Gasteiger partial charge on any atom is 0.207 e. The number of hydrogen-bond acceptors (Lipinski definition) is 1. The highest BCUT2D eigenvalue weighted by atomic mass is 35.5. The van der Waals surface area contributed by atoms with Gasteiger partial charge in [-0.05, 0) is 0 Å². The zero-order valence-electron chi connectivity index (χ0n) is 5.08. The molecule has 0 fully saturated rings. The van der Waals surface area contributed by atoms with Gasteiger partial charge in [0.25, 0.3) is 0 Å². The minimum Gasteiger partial charge on any atom is -0.399 e. The van der Waals surface area contributed by atoms with E-state index in [0.717, 1.165) is 6.42 Å². The van der Waals surface area contributed by atoms with E-state index in [9.17, 15) is 0 Å². The highest BCUT2D eigenvalue weighted by Crippen LogP contribution is 2.26. The van der Waals surface area contributed by atoms with Crippen molar-refractivity contribution in [2.75, 3.05) is 0 Å². The number of hydrogen-bond donors (Lipinski definition) is 0. The minimum absolute atomic E-state index is 0.598. The van der Waals surface area contributed by atoms with Crippen LogP contribution in [0.15, 0.2) is 0 Å². The number of halogens is 2. The standard InChI is InChI=1S/C4H10Cl2OSi/c1-2-3-4(5,6)7-8/h2-3H2,1,8H3. The monoisotopic (exact) mass is 172 g/mol. The maximum absolute atomic E-state index is 5.60. The molecule has 0 aromatic rings. The molecule has 0 aromatic carbocycles. The lowest BCUT2D eigenvalue weighted by Gasteiger charge is -2.15. The first-order chi connectivity index (χ1) is 3.62. The molecule has 0 bridgehead atoms. The van der Waals surface area contributed by atoms with Gasteiger partial charge in [0.05, 0.1) is 0 Å². The molecule has 0 aliphatic rings. The van der Waals surface area contributed by atoms with Gasteiger partial charge in [0, 0.05) is 6.42 Å². The highest BCUT2D eigenvalue weighted by molar-refractivity contribution is 6.48. The van der Waals surface area contributed by atoms with Gasteiger partial charge >= 0.3 is 0 Å². The van der Waals surface area contributed by atoms with E-state index in [0.29, 0.717) is 16.9 Å². The van der Waals surface area contributed by atoms with E-state index in [-0.39, 0.29) is 0 Å². The molecule has 8 heavy (non-hydrogen) atoms. The minimum atomic E-state index is -0.902. The Balaban J connectivity index is 3.37. The Hall–Kier alpha value is 0.757. The van der Waals surface area contributed by atoms with Crippen LogP contribution in [-0.2, 0) is 4.43 Å². The van der Waals surface area contributed by atoms with Crippen LogP contribution in [-0.4, -0.2) is 15.0 Å². The second-order valence-corrected chi connectivity index (χ2v) is 3.41. The summed E-state index contributed by atoms with van der Waals surface area (Å²) in [5, 5.41) is 0. The molecule has 0 aliphatic carbocycles. The molecular weight excluding hydrogens is 163 g/mol. The van der Waals surface area contributed by atoms with Gasteiger partial charge in [-0.2, -0.15) is 0 Å². The van der Waals surface area contributed by atoms with Crippen molar-refractivity contribution in [1.82, 2.24) is 0 Å². The lowest BCUT2D eigenvalue weighted by atomic mass is 10.4. The summed E-state index contributed by atoms with van der Waals surface area (Å²) in [4.78, 5) is 0. The molecule has 0 unspecified atom stereocenters. The third kappa shape index (κ3) is 3.72. The van der Waals surface area contributed by atoms with Gasteiger partial charge in [-0.1, -0.05) is 36.5 Å². The smallest absolute Gasteiger partial charge is 0.207 e. The topological polar surface area (TPSA) is 9.23 Å². The molecule has 1 nitrogen and oxygen atoms in total. The van der Waals surface area contributed by atoms with Crippen LogP contribution in [0.5, 0.6) is 0 Å². The first-order valence-corrected chi connectivity index (χ1v) is 4.12. The second kappa shape index (κ2) is 3.72. The van der Waals surface area contributed by atoms with Crippen molar-refractivity contribution in [2.24, 2.45) is 0 Å². The predicted octanol–water partition coefficient (Wildman–Crippen LogP) is 1.21. The van der Waals surface area contributed by atoms with E-state index in [1.807, 2.05) is 6.92 Å². The lowest BCUT2D eigenvalue weighted by Crippen LogP contribution is -2.14. The molecule has 0 aromatic heterocycles. The van der Waals surface area contributed by atoms with Crippen molar-refractivity contribution >= 4 is 33.7 Å². The van der Waals surface area contributed by atoms with Crippen LogP contribution in [0.1, 0.15) is 19.8 Å². The molecular formula is C4H10Cl2OSi. The Kier molecular flexibility index (Phi) is 4.07. The average molecular weight is 173 g/mol. The van der Waals surface area contributed by atoms with Crippen LogP contribution >= 0.6 is 23.2 Å². The molecule has 0 spiro atoms. The summed E-state index contributed by atoms with van der Waals surface area (Å²) >= 11 is 11.2. The van der Waals surface area contributed by atoms with E-state index in [4.69, 9.17) is 27.6 Å². The Morgan fingerprint density at radius 2 is 2.12 bits per heavy atom. The molecule has 0 saturated carbocycles. The summed E-state index contributed by atoms with van der Waals surface area (Å²) in [6, 6.07) is 0. The number of rotatable bonds is 3. The third-order valence-electron chi connectivity index (χ3n) is 0.840. The summed E-state index contributed by atoms with van der Waals surface area (Å²) in [5.74, 6) is 0. The Labute approximate surface area is 62.8 Å². The van der Waals surface area contributed by atoms with Crippen LogP contribution in [0.2, 0.25) is 0 Å². The van der Waals surface area contributed by atoms with Crippen molar-refractivity contribution < 1.29 is 4.43 Å². The van der Waals surface area contributed by atoms with Crippen molar-refractivity contribution in [3.05, 3.63) is 0 Å². The van der Waals surface area contributed by atoms with Crippen molar-refractivity contribution in [2.45, 2.75) is 24.3 Å². The van der Waals surface area contributed by atoms with E-state index in [1.165, 1.54) is 0 Å². The molecule has 0 heterocycles. The SMILES string of the molecule is CCCC(Cl)(Cl)O[SiH3]. The molecule has 50 valence electrons.